The number of methoxy groups -OCH3 is 1. The minimum absolute atomic E-state index is 0.0697. The van der Waals surface area contributed by atoms with Crippen molar-refractivity contribution in [3.05, 3.63) is 59.5 Å². The van der Waals surface area contributed by atoms with Gasteiger partial charge in [-0.1, -0.05) is 18.2 Å². The van der Waals surface area contributed by atoms with E-state index in [2.05, 4.69) is 30.2 Å². The highest BCUT2D eigenvalue weighted by Gasteiger charge is 2.53. The molecular weight excluding hydrogens is 380 g/mol. The number of esters is 1. The fourth-order valence-electron chi connectivity index (χ4n) is 5.19. The van der Waals surface area contributed by atoms with Crippen molar-refractivity contribution in [1.82, 2.24) is 9.80 Å². The van der Waals surface area contributed by atoms with Crippen molar-refractivity contribution in [2.75, 3.05) is 27.7 Å². The molecule has 1 aromatic carbocycles. The van der Waals surface area contributed by atoms with Gasteiger partial charge in [-0.05, 0) is 43.9 Å². The maximum atomic E-state index is 12.7. The molecular formula is C24H28N2O4. The lowest BCUT2D eigenvalue weighted by Gasteiger charge is -2.36. The molecule has 0 radical (unpaired) electrons. The molecule has 0 saturated heterocycles. The summed E-state index contributed by atoms with van der Waals surface area (Å²) in [6.45, 7) is 1.88. The van der Waals surface area contributed by atoms with Gasteiger partial charge in [0.05, 0.1) is 18.1 Å². The first kappa shape index (κ1) is 19.2. The largest absolute Gasteiger partial charge is 0.493 e. The summed E-state index contributed by atoms with van der Waals surface area (Å²) in [4.78, 5) is 16.9. The van der Waals surface area contributed by atoms with Gasteiger partial charge < -0.3 is 24.0 Å². The van der Waals surface area contributed by atoms with Crippen LogP contribution in [-0.2, 0) is 21.5 Å². The lowest BCUT2D eigenvalue weighted by atomic mass is 9.69. The Morgan fingerprint density at radius 3 is 2.97 bits per heavy atom. The van der Waals surface area contributed by atoms with Crippen molar-refractivity contribution in [2.24, 2.45) is 0 Å². The molecule has 30 heavy (non-hydrogen) atoms. The molecule has 1 aromatic rings. The van der Waals surface area contributed by atoms with Crippen molar-refractivity contribution < 1.29 is 19.0 Å². The van der Waals surface area contributed by atoms with Gasteiger partial charge in [0.1, 0.15) is 12.2 Å². The van der Waals surface area contributed by atoms with E-state index in [1.54, 1.807) is 7.11 Å². The van der Waals surface area contributed by atoms with Crippen LogP contribution in [0.3, 0.4) is 0 Å². The standard InChI is InChI=1S/C24H28N2O4/c1-25-11-4-5-17(15-25)23(27)29-18-8-9-24-10-12-26(2)14-16-6-7-19(28-3)22(21(16)24)30-20(24)13-18/h4,6-9,11,15,18,20H,5,10,12-14H2,1-3H3/t18-,20-,24?/m0/s1. The Morgan fingerprint density at radius 1 is 1.30 bits per heavy atom. The second kappa shape index (κ2) is 7.20. The smallest absolute Gasteiger partial charge is 0.336 e. The molecule has 5 rings (SSSR count). The number of allylic oxidation sites excluding steroid dienone is 1. The highest BCUT2D eigenvalue weighted by molar-refractivity contribution is 5.89. The summed E-state index contributed by atoms with van der Waals surface area (Å²) < 4.78 is 18.0. The number of ether oxygens (including phenoxy) is 3. The third kappa shape index (κ3) is 3.01. The molecule has 4 aliphatic rings. The summed E-state index contributed by atoms with van der Waals surface area (Å²) in [5.74, 6) is 1.37. The molecule has 1 aliphatic carbocycles. The van der Waals surface area contributed by atoms with Gasteiger partial charge in [0.2, 0.25) is 0 Å². The molecule has 6 heteroatoms. The van der Waals surface area contributed by atoms with Gasteiger partial charge in [0, 0.05) is 38.2 Å². The van der Waals surface area contributed by atoms with E-state index in [1.807, 2.05) is 36.5 Å². The average molecular weight is 408 g/mol. The molecule has 0 aromatic heterocycles. The zero-order valence-corrected chi connectivity index (χ0v) is 17.8. The number of hydrogen-bond donors (Lipinski definition) is 0. The van der Waals surface area contributed by atoms with Gasteiger partial charge in [-0.15, -0.1) is 0 Å². The van der Waals surface area contributed by atoms with Gasteiger partial charge in [-0.3, -0.25) is 0 Å². The van der Waals surface area contributed by atoms with Crippen molar-refractivity contribution in [2.45, 2.75) is 43.4 Å². The minimum atomic E-state index is -0.296. The number of rotatable bonds is 3. The van der Waals surface area contributed by atoms with Crippen LogP contribution in [0, 0.1) is 0 Å². The third-order valence-electron chi connectivity index (χ3n) is 6.69. The molecule has 0 bridgehead atoms. The van der Waals surface area contributed by atoms with Gasteiger partial charge in [-0.2, -0.15) is 0 Å². The second-order valence-electron chi connectivity index (χ2n) is 8.71. The zero-order valence-electron chi connectivity index (χ0n) is 17.8. The Morgan fingerprint density at radius 2 is 2.17 bits per heavy atom. The van der Waals surface area contributed by atoms with Crippen molar-refractivity contribution in [3.63, 3.8) is 0 Å². The SMILES string of the molecule is COc1ccc2c3c1O[C@H]1C[C@@H](OC(=O)C4=CN(C)C=CC4)C=CC31CCN(C)C2. The van der Waals surface area contributed by atoms with Crippen LogP contribution in [0.1, 0.15) is 30.4 Å². The Bertz CT molecular complexity index is 966. The molecule has 1 spiro atoms. The van der Waals surface area contributed by atoms with Crippen LogP contribution in [0.2, 0.25) is 0 Å². The molecule has 3 heterocycles. The molecule has 3 aliphatic heterocycles. The fraction of sp³-hybridized carbons (Fsp3) is 0.458. The Balaban J connectivity index is 1.44. The maximum absolute atomic E-state index is 12.7. The second-order valence-corrected chi connectivity index (χ2v) is 8.71. The van der Waals surface area contributed by atoms with Gasteiger partial charge in [0.25, 0.3) is 0 Å². The Labute approximate surface area is 177 Å². The number of benzene rings is 1. The molecule has 0 saturated carbocycles. The van der Waals surface area contributed by atoms with Crippen LogP contribution in [0.15, 0.2) is 48.3 Å². The quantitative estimate of drug-likeness (QED) is 0.566. The summed E-state index contributed by atoms with van der Waals surface area (Å²) in [6.07, 6.45) is 11.9. The predicted molar refractivity (Wildman–Crippen MR) is 113 cm³/mol. The predicted octanol–water partition coefficient (Wildman–Crippen LogP) is 3.13. The first-order chi connectivity index (χ1) is 14.5. The van der Waals surface area contributed by atoms with Gasteiger partial charge in [-0.25, -0.2) is 4.79 Å². The number of carbonyl (C=O) groups excluding carboxylic acids is 1. The van der Waals surface area contributed by atoms with E-state index in [0.717, 1.165) is 31.0 Å². The summed E-state index contributed by atoms with van der Waals surface area (Å²) in [7, 11) is 5.75. The molecule has 158 valence electrons. The molecule has 3 atom stereocenters. The lowest BCUT2D eigenvalue weighted by Crippen LogP contribution is -2.43. The Kier molecular flexibility index (Phi) is 4.62. The molecule has 1 unspecified atom stereocenters. The monoisotopic (exact) mass is 408 g/mol. The van der Waals surface area contributed by atoms with E-state index < -0.39 is 0 Å². The van der Waals surface area contributed by atoms with Gasteiger partial charge in [0.15, 0.2) is 11.5 Å². The highest BCUT2D eigenvalue weighted by Crippen LogP contribution is 2.55. The zero-order chi connectivity index (χ0) is 20.9. The third-order valence-corrected chi connectivity index (χ3v) is 6.69. The van der Waals surface area contributed by atoms with Crippen LogP contribution in [0.4, 0.5) is 0 Å². The van der Waals surface area contributed by atoms with E-state index in [0.29, 0.717) is 18.4 Å². The fourth-order valence-corrected chi connectivity index (χ4v) is 5.19. The van der Waals surface area contributed by atoms with E-state index in [9.17, 15) is 4.79 Å². The van der Waals surface area contributed by atoms with E-state index >= 15 is 0 Å². The van der Waals surface area contributed by atoms with Crippen LogP contribution < -0.4 is 9.47 Å². The van der Waals surface area contributed by atoms with Crippen molar-refractivity contribution in [3.8, 4) is 11.5 Å². The van der Waals surface area contributed by atoms with E-state index in [-0.39, 0.29) is 23.6 Å². The van der Waals surface area contributed by atoms with Gasteiger partial charge >= 0.3 is 5.97 Å². The van der Waals surface area contributed by atoms with E-state index in [1.165, 1.54) is 11.1 Å². The summed E-state index contributed by atoms with van der Waals surface area (Å²) in [5.41, 5.74) is 3.01. The molecule has 0 N–H and O–H groups in total. The maximum Gasteiger partial charge on any atom is 0.336 e. The average Bonchev–Trinajstić information content (AvgIpc) is 2.99. The number of hydrogen-bond acceptors (Lipinski definition) is 6. The summed E-state index contributed by atoms with van der Waals surface area (Å²) in [5, 5.41) is 0. The van der Waals surface area contributed by atoms with Crippen molar-refractivity contribution >= 4 is 5.97 Å². The number of carbonyl (C=O) groups is 1. The minimum Gasteiger partial charge on any atom is -0.493 e. The van der Waals surface area contributed by atoms with Crippen LogP contribution in [0.5, 0.6) is 11.5 Å². The summed E-state index contributed by atoms with van der Waals surface area (Å²) in [6, 6.07) is 4.16. The van der Waals surface area contributed by atoms with E-state index in [4.69, 9.17) is 14.2 Å². The summed E-state index contributed by atoms with van der Waals surface area (Å²) >= 11 is 0. The highest BCUT2D eigenvalue weighted by atomic mass is 16.6. The molecule has 0 amide bonds. The molecule has 0 fully saturated rings. The topological polar surface area (TPSA) is 51.2 Å². The normalized spacial score (nSPS) is 29.4. The van der Waals surface area contributed by atoms with Crippen LogP contribution >= 0.6 is 0 Å². The lowest BCUT2D eigenvalue weighted by molar-refractivity contribution is -0.143. The molecule has 6 nitrogen and oxygen atoms in total. The van der Waals surface area contributed by atoms with Crippen molar-refractivity contribution in [1.29, 1.82) is 0 Å². The number of nitrogens with zero attached hydrogens (tertiary/aromatic N) is 2. The Hall–Kier alpha value is -2.73. The first-order valence-corrected chi connectivity index (χ1v) is 10.6. The first-order valence-electron chi connectivity index (χ1n) is 10.6. The van der Waals surface area contributed by atoms with Crippen LogP contribution in [0.25, 0.3) is 0 Å². The van der Waals surface area contributed by atoms with Crippen LogP contribution in [-0.4, -0.2) is 55.7 Å².